The van der Waals surface area contributed by atoms with Crippen LogP contribution in [-0.2, 0) is 6.18 Å². The van der Waals surface area contributed by atoms with Crippen LogP contribution in [0.2, 0.25) is 5.02 Å². The predicted molar refractivity (Wildman–Crippen MR) is 64.2 cm³/mol. The van der Waals surface area contributed by atoms with Crippen LogP contribution in [0.25, 0.3) is 0 Å². The van der Waals surface area contributed by atoms with E-state index in [2.05, 4.69) is 0 Å². The van der Waals surface area contributed by atoms with Gasteiger partial charge in [-0.05, 0) is 11.6 Å². The molecule has 1 atom stereocenters. The number of benzene rings is 1. The summed E-state index contributed by atoms with van der Waals surface area (Å²) in [5, 5.41) is 8.80. The summed E-state index contributed by atoms with van der Waals surface area (Å²) in [5.41, 5.74) is 4.40. The van der Waals surface area contributed by atoms with Gasteiger partial charge in [-0.15, -0.1) is 0 Å². The van der Waals surface area contributed by atoms with Gasteiger partial charge in [-0.1, -0.05) is 37.6 Å². The number of aliphatic hydroxyl groups is 1. The Morgan fingerprint density at radius 3 is 2.33 bits per heavy atom. The lowest BCUT2D eigenvalue weighted by Crippen LogP contribution is -2.32. The molecule has 2 nitrogen and oxygen atoms in total. The van der Waals surface area contributed by atoms with Gasteiger partial charge in [0.15, 0.2) is 0 Å². The summed E-state index contributed by atoms with van der Waals surface area (Å²) in [6, 6.07) is 2.83. The van der Waals surface area contributed by atoms with Crippen LogP contribution in [0.5, 0.6) is 0 Å². The fourth-order valence-electron chi connectivity index (χ4n) is 1.53. The summed E-state index contributed by atoms with van der Waals surface area (Å²) in [7, 11) is 0. The third-order valence-electron chi connectivity index (χ3n) is 2.92. The third kappa shape index (κ3) is 2.96. The molecule has 1 aromatic rings. The molecule has 0 heterocycles. The molecule has 0 radical (unpaired) electrons. The summed E-state index contributed by atoms with van der Waals surface area (Å²) < 4.78 is 38.1. The molecule has 1 rings (SSSR count). The number of hydrogen-bond donors (Lipinski definition) is 2. The van der Waals surface area contributed by atoms with Crippen LogP contribution in [0.4, 0.5) is 13.2 Å². The monoisotopic (exact) mass is 281 g/mol. The van der Waals surface area contributed by atoms with E-state index < -0.39 is 28.2 Å². The number of aliphatic hydroxyl groups excluding tert-OH is 1. The van der Waals surface area contributed by atoms with Gasteiger partial charge in [-0.2, -0.15) is 13.2 Å². The molecule has 102 valence electrons. The first kappa shape index (κ1) is 15.3. The number of alkyl halides is 3. The first-order chi connectivity index (χ1) is 8.11. The van der Waals surface area contributed by atoms with Crippen molar-refractivity contribution in [3.05, 3.63) is 34.3 Å². The molecular weight excluding hydrogens is 267 g/mol. The van der Waals surface area contributed by atoms with Crippen molar-refractivity contribution in [1.29, 1.82) is 0 Å². The maximum Gasteiger partial charge on any atom is 0.417 e. The Kier molecular flexibility index (Phi) is 4.30. The van der Waals surface area contributed by atoms with Crippen LogP contribution in [0.15, 0.2) is 18.2 Å². The van der Waals surface area contributed by atoms with Gasteiger partial charge in [0, 0.05) is 18.1 Å². The summed E-state index contributed by atoms with van der Waals surface area (Å²) in [6.07, 6.45) is -4.52. The molecule has 6 heteroatoms. The SMILES string of the molecule is CC(C)(CO)[C@@H](N)c1cccc(C(F)(F)F)c1Cl. The van der Waals surface area contributed by atoms with Gasteiger partial charge in [-0.3, -0.25) is 0 Å². The lowest BCUT2D eigenvalue weighted by Gasteiger charge is -2.30. The van der Waals surface area contributed by atoms with Gasteiger partial charge in [0.2, 0.25) is 0 Å². The Hall–Kier alpha value is -0.780. The number of hydrogen-bond acceptors (Lipinski definition) is 2. The second-order valence-corrected chi connectivity index (χ2v) is 5.21. The van der Waals surface area contributed by atoms with Crippen molar-refractivity contribution in [2.45, 2.75) is 26.1 Å². The van der Waals surface area contributed by atoms with Crippen LogP contribution in [0.1, 0.15) is 31.0 Å². The highest BCUT2D eigenvalue weighted by molar-refractivity contribution is 6.32. The molecule has 3 N–H and O–H groups in total. The van der Waals surface area contributed by atoms with E-state index in [0.29, 0.717) is 0 Å². The Labute approximate surface area is 109 Å². The topological polar surface area (TPSA) is 46.2 Å². The average Bonchev–Trinajstić information content (AvgIpc) is 2.27. The van der Waals surface area contributed by atoms with E-state index in [1.54, 1.807) is 13.8 Å². The third-order valence-corrected chi connectivity index (χ3v) is 3.34. The first-order valence-electron chi connectivity index (χ1n) is 5.33. The van der Waals surface area contributed by atoms with Crippen molar-refractivity contribution >= 4 is 11.6 Å². The largest absolute Gasteiger partial charge is 0.417 e. The molecular formula is C12H15ClF3NO. The maximum absolute atomic E-state index is 12.7. The summed E-state index contributed by atoms with van der Waals surface area (Å²) >= 11 is 5.77. The minimum atomic E-state index is -4.52. The molecule has 1 aromatic carbocycles. The van der Waals surface area contributed by atoms with Crippen molar-refractivity contribution in [1.82, 2.24) is 0 Å². The van der Waals surface area contributed by atoms with Gasteiger partial charge in [0.25, 0.3) is 0 Å². The molecule has 0 bridgehead atoms. The molecule has 0 saturated heterocycles. The Morgan fingerprint density at radius 1 is 1.33 bits per heavy atom. The quantitative estimate of drug-likeness (QED) is 0.892. The highest BCUT2D eigenvalue weighted by atomic mass is 35.5. The normalized spacial score (nSPS) is 14.7. The van der Waals surface area contributed by atoms with Crippen molar-refractivity contribution in [3.8, 4) is 0 Å². The van der Waals surface area contributed by atoms with Crippen LogP contribution in [0.3, 0.4) is 0 Å². The van der Waals surface area contributed by atoms with E-state index in [1.807, 2.05) is 0 Å². The lowest BCUT2D eigenvalue weighted by atomic mass is 9.81. The standard InChI is InChI=1S/C12H15ClF3NO/c1-11(2,6-18)10(17)7-4-3-5-8(9(7)13)12(14,15)16/h3-5,10,18H,6,17H2,1-2H3/t10-/m0/s1. The van der Waals surface area contributed by atoms with Crippen LogP contribution < -0.4 is 5.73 Å². The minimum absolute atomic E-state index is 0.186. The highest BCUT2D eigenvalue weighted by Crippen LogP contribution is 2.41. The zero-order valence-corrected chi connectivity index (χ0v) is 10.8. The van der Waals surface area contributed by atoms with Crippen LogP contribution in [0, 0.1) is 5.41 Å². The van der Waals surface area contributed by atoms with E-state index in [4.69, 9.17) is 17.3 Å². The van der Waals surface area contributed by atoms with Gasteiger partial charge in [-0.25, -0.2) is 0 Å². The van der Waals surface area contributed by atoms with Crippen LogP contribution >= 0.6 is 11.6 Å². The van der Waals surface area contributed by atoms with E-state index in [-0.39, 0.29) is 12.2 Å². The zero-order chi connectivity index (χ0) is 14.1. The van der Waals surface area contributed by atoms with Gasteiger partial charge < -0.3 is 10.8 Å². The van der Waals surface area contributed by atoms with E-state index >= 15 is 0 Å². The molecule has 0 spiro atoms. The predicted octanol–water partition coefficient (Wildman–Crippen LogP) is 3.38. The number of nitrogens with two attached hydrogens (primary N) is 1. The molecule has 0 amide bonds. The first-order valence-corrected chi connectivity index (χ1v) is 5.71. The Morgan fingerprint density at radius 2 is 1.89 bits per heavy atom. The van der Waals surface area contributed by atoms with Crippen molar-refractivity contribution in [2.75, 3.05) is 6.61 Å². The smallest absolute Gasteiger partial charge is 0.396 e. The molecule has 0 unspecified atom stereocenters. The van der Waals surface area contributed by atoms with E-state index in [0.717, 1.165) is 6.07 Å². The Balaban J connectivity index is 3.28. The van der Waals surface area contributed by atoms with Crippen LogP contribution in [-0.4, -0.2) is 11.7 Å². The van der Waals surface area contributed by atoms with Gasteiger partial charge >= 0.3 is 6.18 Å². The molecule has 0 aromatic heterocycles. The maximum atomic E-state index is 12.7. The second-order valence-electron chi connectivity index (χ2n) is 4.83. The summed E-state index contributed by atoms with van der Waals surface area (Å²) in [4.78, 5) is 0. The zero-order valence-electron chi connectivity index (χ0n) is 10.1. The second kappa shape index (κ2) is 5.07. The Bertz CT molecular complexity index is 432. The molecule has 0 fully saturated rings. The van der Waals surface area contributed by atoms with Gasteiger partial charge in [0.1, 0.15) is 0 Å². The fraction of sp³-hybridized carbons (Fsp3) is 0.500. The highest BCUT2D eigenvalue weighted by Gasteiger charge is 2.36. The summed E-state index contributed by atoms with van der Waals surface area (Å²) in [5.74, 6) is 0. The number of halogens is 4. The van der Waals surface area contributed by atoms with Gasteiger partial charge in [0.05, 0.1) is 10.6 Å². The number of rotatable bonds is 3. The lowest BCUT2D eigenvalue weighted by molar-refractivity contribution is -0.137. The van der Waals surface area contributed by atoms with Crippen molar-refractivity contribution in [3.63, 3.8) is 0 Å². The summed E-state index contributed by atoms with van der Waals surface area (Å²) in [6.45, 7) is 3.07. The average molecular weight is 282 g/mol. The molecule has 0 aliphatic heterocycles. The minimum Gasteiger partial charge on any atom is -0.396 e. The van der Waals surface area contributed by atoms with Crippen molar-refractivity contribution < 1.29 is 18.3 Å². The molecule has 18 heavy (non-hydrogen) atoms. The molecule has 0 aliphatic carbocycles. The molecule has 0 saturated carbocycles. The van der Waals surface area contributed by atoms with E-state index in [9.17, 15) is 18.3 Å². The fourth-order valence-corrected chi connectivity index (χ4v) is 1.88. The van der Waals surface area contributed by atoms with E-state index in [1.165, 1.54) is 12.1 Å². The molecule has 0 aliphatic rings. The van der Waals surface area contributed by atoms with Crippen molar-refractivity contribution in [2.24, 2.45) is 11.1 Å².